The van der Waals surface area contributed by atoms with Gasteiger partial charge in [0.25, 0.3) is 0 Å². The van der Waals surface area contributed by atoms with Gasteiger partial charge >= 0.3 is 6.15 Å². The van der Waals surface area contributed by atoms with Crippen molar-refractivity contribution in [3.63, 3.8) is 0 Å². The summed E-state index contributed by atoms with van der Waals surface area (Å²) in [7, 11) is 0. The van der Waals surface area contributed by atoms with Crippen molar-refractivity contribution < 1.29 is 9.59 Å². The van der Waals surface area contributed by atoms with Crippen LogP contribution in [0.5, 0.6) is 0 Å². The van der Waals surface area contributed by atoms with E-state index in [1.54, 1.807) is 18.0 Å². The molecule has 0 spiro atoms. The minimum absolute atomic E-state index is 0.250. The molecular weight excluding hydrogens is 226 g/mol. The number of thioether (sulfide) groups is 1. The third kappa shape index (κ3) is 4.54. The zero-order valence-corrected chi connectivity index (χ0v) is 9.11. The minimum atomic E-state index is 0.250. The Kier molecular flexibility index (Phi) is 5.62. The van der Waals surface area contributed by atoms with Crippen molar-refractivity contribution in [1.82, 2.24) is 15.4 Å². The lowest BCUT2D eigenvalue weighted by molar-refractivity contribution is -0.191. The Bertz CT molecular complexity index is 425. The number of hydrogen-bond acceptors (Lipinski definition) is 5. The average Bonchev–Trinajstić information content (AvgIpc) is 2.82. The van der Waals surface area contributed by atoms with Crippen molar-refractivity contribution in [3.05, 3.63) is 42.1 Å². The molecule has 0 aliphatic heterocycles. The molecule has 1 heterocycles. The van der Waals surface area contributed by atoms with Gasteiger partial charge in [-0.2, -0.15) is 19.9 Å². The van der Waals surface area contributed by atoms with E-state index in [1.807, 2.05) is 18.2 Å². The molecule has 5 nitrogen and oxygen atoms in total. The van der Waals surface area contributed by atoms with Crippen LogP contribution in [0.2, 0.25) is 0 Å². The fourth-order valence-electron chi connectivity index (χ4n) is 0.992. The highest BCUT2D eigenvalue weighted by molar-refractivity contribution is 7.98. The Morgan fingerprint density at radius 2 is 1.94 bits per heavy atom. The first-order valence-corrected chi connectivity index (χ1v) is 5.37. The highest BCUT2D eigenvalue weighted by atomic mass is 32.2. The van der Waals surface area contributed by atoms with Gasteiger partial charge in [-0.05, 0) is 5.56 Å². The Hall–Kier alpha value is -1.91. The lowest BCUT2D eigenvalue weighted by Gasteiger charge is -1.96. The Labute approximate surface area is 96.3 Å². The van der Waals surface area contributed by atoms with E-state index < -0.39 is 0 Å². The van der Waals surface area contributed by atoms with Crippen molar-refractivity contribution >= 4 is 17.9 Å². The van der Waals surface area contributed by atoms with Crippen molar-refractivity contribution in [3.8, 4) is 0 Å². The number of carbonyl (C=O) groups excluding carboxylic acids is 2. The van der Waals surface area contributed by atoms with Gasteiger partial charge in [0.1, 0.15) is 5.03 Å². The molecule has 16 heavy (non-hydrogen) atoms. The van der Waals surface area contributed by atoms with Crippen LogP contribution in [-0.2, 0) is 15.3 Å². The summed E-state index contributed by atoms with van der Waals surface area (Å²) in [6.07, 6.45) is 1.98. The van der Waals surface area contributed by atoms with Crippen LogP contribution in [0.15, 0.2) is 41.6 Å². The Morgan fingerprint density at radius 3 is 2.50 bits per heavy atom. The molecule has 2 aromatic rings. The molecule has 0 atom stereocenters. The molecule has 0 aliphatic rings. The number of nitrogens with one attached hydrogen (secondary N) is 1. The Morgan fingerprint density at radius 1 is 1.25 bits per heavy atom. The van der Waals surface area contributed by atoms with Gasteiger partial charge in [-0.25, -0.2) is 0 Å². The molecule has 0 bridgehead atoms. The normalized spacial score (nSPS) is 8.75. The number of H-pyrrole nitrogens is 1. The van der Waals surface area contributed by atoms with E-state index in [1.165, 1.54) is 5.56 Å². The summed E-state index contributed by atoms with van der Waals surface area (Å²) >= 11 is 1.68. The standard InChI is InChI=1S/C9H9N3S.CO2/c1-2-4-8(5-3-1)7-13-9-6-10-12-11-9;2-1-3/h1-6H,7H2,(H,10,11,12);. The summed E-state index contributed by atoms with van der Waals surface area (Å²) in [6, 6.07) is 10.3. The molecule has 6 heteroatoms. The van der Waals surface area contributed by atoms with Gasteiger partial charge in [-0.15, -0.1) is 5.10 Å². The van der Waals surface area contributed by atoms with Crippen molar-refractivity contribution in [2.24, 2.45) is 0 Å². The van der Waals surface area contributed by atoms with Gasteiger partial charge < -0.3 is 0 Å². The van der Waals surface area contributed by atoms with Crippen molar-refractivity contribution in [2.75, 3.05) is 0 Å². The van der Waals surface area contributed by atoms with E-state index in [0.29, 0.717) is 0 Å². The molecule has 1 aromatic carbocycles. The molecule has 0 saturated carbocycles. The summed E-state index contributed by atoms with van der Waals surface area (Å²) in [5.41, 5.74) is 1.30. The molecule has 0 saturated heterocycles. The van der Waals surface area contributed by atoms with Gasteiger partial charge in [0.15, 0.2) is 0 Å². The van der Waals surface area contributed by atoms with Crippen LogP contribution in [0.4, 0.5) is 0 Å². The van der Waals surface area contributed by atoms with Crippen LogP contribution in [0.1, 0.15) is 5.56 Å². The fourth-order valence-corrected chi connectivity index (χ4v) is 1.73. The minimum Gasteiger partial charge on any atom is -0.197 e. The predicted molar refractivity (Wildman–Crippen MR) is 57.4 cm³/mol. The van der Waals surface area contributed by atoms with Crippen LogP contribution < -0.4 is 0 Å². The number of aromatic nitrogens is 3. The molecule has 82 valence electrons. The molecule has 0 unspecified atom stereocenters. The second-order valence-electron chi connectivity index (χ2n) is 2.67. The largest absolute Gasteiger partial charge is 0.373 e. The Balaban J connectivity index is 0.000000386. The molecule has 1 N–H and O–H groups in total. The number of rotatable bonds is 3. The second kappa shape index (κ2) is 7.39. The monoisotopic (exact) mass is 235 g/mol. The van der Waals surface area contributed by atoms with Crippen LogP contribution in [-0.4, -0.2) is 21.6 Å². The maximum atomic E-state index is 8.12. The first-order chi connectivity index (χ1) is 7.86. The molecule has 0 radical (unpaired) electrons. The fraction of sp³-hybridized carbons (Fsp3) is 0.100. The molecule has 0 amide bonds. The highest BCUT2D eigenvalue weighted by Crippen LogP contribution is 2.18. The predicted octanol–water partition coefficient (Wildman–Crippen LogP) is 1.51. The van der Waals surface area contributed by atoms with Gasteiger partial charge in [-0.1, -0.05) is 42.1 Å². The molecule has 0 fully saturated rings. The van der Waals surface area contributed by atoms with Gasteiger partial charge in [0, 0.05) is 5.75 Å². The van der Waals surface area contributed by atoms with E-state index in [4.69, 9.17) is 9.59 Å². The summed E-state index contributed by atoms with van der Waals surface area (Å²) in [5.74, 6) is 0.938. The van der Waals surface area contributed by atoms with E-state index in [9.17, 15) is 0 Å². The van der Waals surface area contributed by atoms with Crippen LogP contribution >= 0.6 is 11.8 Å². The van der Waals surface area contributed by atoms with Crippen molar-refractivity contribution in [1.29, 1.82) is 0 Å². The van der Waals surface area contributed by atoms with Crippen LogP contribution in [0.25, 0.3) is 0 Å². The van der Waals surface area contributed by atoms with E-state index in [0.717, 1.165) is 10.8 Å². The zero-order chi connectivity index (χ0) is 11.6. The SMILES string of the molecule is O=C=O.c1ccc(CSc2cn[nH]n2)cc1. The number of aromatic amines is 1. The van der Waals surface area contributed by atoms with E-state index in [2.05, 4.69) is 27.5 Å². The molecule has 2 rings (SSSR count). The number of hydrogen-bond donors (Lipinski definition) is 1. The zero-order valence-electron chi connectivity index (χ0n) is 8.29. The van der Waals surface area contributed by atoms with E-state index >= 15 is 0 Å². The summed E-state index contributed by atoms with van der Waals surface area (Å²) in [5, 5.41) is 11.2. The van der Waals surface area contributed by atoms with Gasteiger partial charge in [0.05, 0.1) is 6.20 Å². The molecule has 1 aromatic heterocycles. The average molecular weight is 235 g/mol. The quantitative estimate of drug-likeness (QED) is 0.816. The second-order valence-corrected chi connectivity index (χ2v) is 3.66. The summed E-state index contributed by atoms with van der Waals surface area (Å²) < 4.78 is 0. The van der Waals surface area contributed by atoms with Crippen LogP contribution in [0, 0.1) is 0 Å². The van der Waals surface area contributed by atoms with Gasteiger partial charge in [-0.3, -0.25) is 0 Å². The topological polar surface area (TPSA) is 75.7 Å². The maximum Gasteiger partial charge on any atom is 0.373 e. The lowest BCUT2D eigenvalue weighted by atomic mass is 10.2. The van der Waals surface area contributed by atoms with Gasteiger partial charge in [0.2, 0.25) is 0 Å². The third-order valence-electron chi connectivity index (χ3n) is 1.62. The third-order valence-corrected chi connectivity index (χ3v) is 2.59. The number of benzene rings is 1. The molecule has 0 aliphatic carbocycles. The smallest absolute Gasteiger partial charge is 0.197 e. The first-order valence-electron chi connectivity index (χ1n) is 4.38. The van der Waals surface area contributed by atoms with Crippen LogP contribution in [0.3, 0.4) is 0 Å². The highest BCUT2D eigenvalue weighted by Gasteiger charge is 1.96. The van der Waals surface area contributed by atoms with Crippen molar-refractivity contribution in [2.45, 2.75) is 10.8 Å². The first kappa shape index (κ1) is 12.2. The summed E-state index contributed by atoms with van der Waals surface area (Å²) in [4.78, 5) is 16.2. The molecular formula is C10H9N3O2S. The van der Waals surface area contributed by atoms with E-state index in [-0.39, 0.29) is 6.15 Å². The number of nitrogens with zero attached hydrogens (tertiary/aromatic N) is 2. The lowest BCUT2D eigenvalue weighted by Crippen LogP contribution is -1.78. The summed E-state index contributed by atoms with van der Waals surface area (Å²) in [6.45, 7) is 0. The maximum absolute atomic E-state index is 8.12.